The Morgan fingerprint density at radius 3 is 1.50 bits per heavy atom. The SMILES string of the molecule is CC1(C)c2ccccc2-c2cc3c(cc21)Oc1ccccc1-c1ccccc1-c1ccccc1-c1ccc(-c2cc(-c4cnc(-c5ccccc5)nc4)nc(-c4ccccc4)n2)cc1-3. The molecule has 0 amide bonds. The molecular formula is C59H40N4O. The fourth-order valence-electron chi connectivity index (χ4n) is 9.64. The van der Waals surface area contributed by atoms with Gasteiger partial charge in [0, 0.05) is 51.2 Å². The van der Waals surface area contributed by atoms with Gasteiger partial charge in [0.25, 0.3) is 0 Å². The van der Waals surface area contributed by atoms with Gasteiger partial charge in [-0.1, -0.05) is 178 Å². The van der Waals surface area contributed by atoms with E-state index in [-0.39, 0.29) is 5.41 Å². The number of fused-ring (bicyclic) bond motifs is 12. The van der Waals surface area contributed by atoms with Gasteiger partial charge in [0.1, 0.15) is 11.5 Å². The number of para-hydroxylation sites is 1. The Balaban J connectivity index is 1.13. The van der Waals surface area contributed by atoms with Crippen LogP contribution >= 0.6 is 0 Å². The highest BCUT2D eigenvalue weighted by atomic mass is 16.5. The highest BCUT2D eigenvalue weighted by molar-refractivity contribution is 6.00. The smallest absolute Gasteiger partial charge is 0.160 e. The normalized spacial score (nSPS) is 12.8. The molecule has 64 heavy (non-hydrogen) atoms. The van der Waals surface area contributed by atoms with E-state index in [9.17, 15) is 0 Å². The quantitative estimate of drug-likeness (QED) is 0.177. The maximum Gasteiger partial charge on any atom is 0.160 e. The molecule has 0 fully saturated rings. The molecular weight excluding hydrogens is 781 g/mol. The topological polar surface area (TPSA) is 60.8 Å². The van der Waals surface area contributed by atoms with Gasteiger partial charge in [0.15, 0.2) is 11.6 Å². The summed E-state index contributed by atoms with van der Waals surface area (Å²) in [7, 11) is 0. The molecule has 0 atom stereocenters. The zero-order chi connectivity index (χ0) is 42.8. The van der Waals surface area contributed by atoms with Crippen molar-refractivity contribution >= 4 is 0 Å². The molecule has 8 aromatic carbocycles. The first-order valence-corrected chi connectivity index (χ1v) is 21.7. The zero-order valence-electron chi connectivity index (χ0n) is 35.3. The summed E-state index contributed by atoms with van der Waals surface area (Å²) in [5.41, 5.74) is 18.6. The minimum Gasteiger partial charge on any atom is -0.456 e. The Morgan fingerprint density at radius 2 is 0.844 bits per heavy atom. The number of nitrogens with zero attached hydrogens (tertiary/aromatic N) is 4. The molecule has 302 valence electrons. The lowest BCUT2D eigenvalue weighted by atomic mass is 9.81. The van der Waals surface area contributed by atoms with Gasteiger partial charge in [-0.05, 0) is 86.0 Å². The number of rotatable bonds is 4. The fourth-order valence-corrected chi connectivity index (χ4v) is 9.64. The first-order valence-electron chi connectivity index (χ1n) is 21.7. The van der Waals surface area contributed by atoms with E-state index in [0.29, 0.717) is 11.6 Å². The van der Waals surface area contributed by atoms with Gasteiger partial charge in [0.2, 0.25) is 0 Å². The van der Waals surface area contributed by atoms with Crippen LogP contribution in [0.2, 0.25) is 0 Å². The van der Waals surface area contributed by atoms with Crippen molar-refractivity contribution < 1.29 is 4.74 Å². The average molecular weight is 821 g/mol. The van der Waals surface area contributed by atoms with Crippen molar-refractivity contribution in [3.8, 4) is 112 Å². The molecule has 5 nitrogen and oxygen atoms in total. The predicted octanol–water partition coefficient (Wildman–Crippen LogP) is 15.0. The molecule has 1 aliphatic carbocycles. The van der Waals surface area contributed by atoms with Crippen LogP contribution in [0.5, 0.6) is 11.5 Å². The second-order valence-corrected chi connectivity index (χ2v) is 17.0. The van der Waals surface area contributed by atoms with E-state index in [1.165, 1.54) is 22.3 Å². The summed E-state index contributed by atoms with van der Waals surface area (Å²) in [6.45, 7) is 4.64. The van der Waals surface area contributed by atoms with Crippen LogP contribution in [0.1, 0.15) is 25.0 Å². The van der Waals surface area contributed by atoms with E-state index in [0.717, 1.165) is 89.6 Å². The van der Waals surface area contributed by atoms with Crippen molar-refractivity contribution in [1.29, 1.82) is 0 Å². The van der Waals surface area contributed by atoms with Crippen LogP contribution in [0.15, 0.2) is 207 Å². The Kier molecular flexibility index (Phi) is 8.76. The van der Waals surface area contributed by atoms with Crippen LogP contribution < -0.4 is 4.74 Å². The van der Waals surface area contributed by atoms with Gasteiger partial charge in [-0.25, -0.2) is 19.9 Å². The van der Waals surface area contributed by atoms with Gasteiger partial charge in [0.05, 0.1) is 11.4 Å². The number of benzene rings is 8. The summed E-state index contributed by atoms with van der Waals surface area (Å²) in [5.74, 6) is 2.88. The van der Waals surface area contributed by atoms with Crippen LogP contribution in [0, 0.1) is 0 Å². The van der Waals surface area contributed by atoms with E-state index in [1.54, 1.807) is 0 Å². The Hall–Kier alpha value is -8.28. The third kappa shape index (κ3) is 6.24. The minimum atomic E-state index is -0.228. The molecule has 0 saturated carbocycles. The maximum atomic E-state index is 7.31. The van der Waals surface area contributed by atoms with Crippen molar-refractivity contribution in [2.24, 2.45) is 0 Å². The Morgan fingerprint density at radius 1 is 0.328 bits per heavy atom. The third-order valence-corrected chi connectivity index (χ3v) is 12.9. The molecule has 0 unspecified atom stereocenters. The first kappa shape index (κ1) is 37.5. The minimum absolute atomic E-state index is 0.228. The summed E-state index contributed by atoms with van der Waals surface area (Å²) in [4.78, 5) is 20.0. The van der Waals surface area contributed by atoms with Gasteiger partial charge in [-0.2, -0.15) is 0 Å². The summed E-state index contributed by atoms with van der Waals surface area (Å²) in [6.07, 6.45) is 3.71. The van der Waals surface area contributed by atoms with Crippen LogP contribution in [0.3, 0.4) is 0 Å². The van der Waals surface area contributed by atoms with Crippen molar-refractivity contribution in [3.63, 3.8) is 0 Å². The summed E-state index contributed by atoms with van der Waals surface area (Å²) < 4.78 is 7.31. The lowest BCUT2D eigenvalue weighted by molar-refractivity contribution is 0.484. The number of hydrogen-bond donors (Lipinski definition) is 0. The average Bonchev–Trinajstić information content (AvgIpc) is 3.58. The molecule has 0 radical (unpaired) electrons. The predicted molar refractivity (Wildman–Crippen MR) is 259 cm³/mol. The first-order chi connectivity index (χ1) is 31.5. The van der Waals surface area contributed by atoms with E-state index in [2.05, 4.69) is 147 Å². The lowest BCUT2D eigenvalue weighted by Gasteiger charge is -2.24. The second-order valence-electron chi connectivity index (χ2n) is 17.0. The lowest BCUT2D eigenvalue weighted by Crippen LogP contribution is -2.15. The van der Waals surface area contributed by atoms with Gasteiger partial charge in [-0.3, -0.25) is 0 Å². The summed E-state index contributed by atoms with van der Waals surface area (Å²) in [5, 5.41) is 0. The van der Waals surface area contributed by atoms with Gasteiger partial charge < -0.3 is 4.74 Å². The molecule has 2 aliphatic rings. The Labute approximate surface area is 372 Å². The van der Waals surface area contributed by atoms with Crippen LogP contribution in [-0.2, 0) is 5.41 Å². The number of hydrogen-bond acceptors (Lipinski definition) is 5. The summed E-state index contributed by atoms with van der Waals surface area (Å²) >= 11 is 0. The maximum absolute atomic E-state index is 7.31. The second kappa shape index (κ2) is 15.0. The van der Waals surface area contributed by atoms with E-state index in [1.807, 2.05) is 73.1 Å². The molecule has 0 spiro atoms. The van der Waals surface area contributed by atoms with Crippen LogP contribution in [-0.4, -0.2) is 19.9 Å². The van der Waals surface area contributed by atoms with Crippen molar-refractivity contribution in [2.45, 2.75) is 19.3 Å². The van der Waals surface area contributed by atoms with E-state index in [4.69, 9.17) is 24.7 Å². The molecule has 3 heterocycles. The molecule has 0 bridgehead atoms. The fraction of sp³-hybridized carbons (Fsp3) is 0.0508. The molecule has 5 heteroatoms. The molecule has 12 rings (SSSR count). The zero-order valence-corrected chi connectivity index (χ0v) is 35.3. The van der Waals surface area contributed by atoms with E-state index < -0.39 is 0 Å². The summed E-state index contributed by atoms with van der Waals surface area (Å²) in [6, 6.07) is 68.3. The van der Waals surface area contributed by atoms with Crippen LogP contribution in [0.25, 0.3) is 101 Å². The third-order valence-electron chi connectivity index (χ3n) is 12.9. The largest absolute Gasteiger partial charge is 0.456 e. The molecule has 1 aliphatic heterocycles. The van der Waals surface area contributed by atoms with E-state index >= 15 is 0 Å². The van der Waals surface area contributed by atoms with Crippen molar-refractivity contribution in [3.05, 3.63) is 218 Å². The van der Waals surface area contributed by atoms with Gasteiger partial charge >= 0.3 is 0 Å². The standard InChI is InChI=1S/C59H40N4O/c1-59(2)51-27-15-13-25-46(51)49-32-50-48-31-39(53-34-54(63-58(62-53)38-19-7-4-8-20-38)40-35-60-57(61-36-40)37-17-5-3-6-18-37)29-30-45(48)43-23-10-9-21-41(43)42-22-11-12-24-44(42)47-26-14-16-28-55(47)64-56(50)33-52(49)59/h3-36H,1-2H3. The number of aromatic nitrogens is 4. The highest BCUT2D eigenvalue weighted by Crippen LogP contribution is 2.55. The monoisotopic (exact) mass is 820 g/mol. The van der Waals surface area contributed by atoms with Gasteiger partial charge in [-0.15, -0.1) is 0 Å². The van der Waals surface area contributed by atoms with Crippen molar-refractivity contribution in [1.82, 2.24) is 19.9 Å². The highest BCUT2D eigenvalue weighted by Gasteiger charge is 2.37. The molecule has 10 aromatic rings. The molecule has 0 N–H and O–H groups in total. The molecule has 0 saturated heterocycles. The Bertz CT molecular complexity index is 3430. The molecule has 2 aromatic heterocycles. The van der Waals surface area contributed by atoms with Crippen molar-refractivity contribution in [2.75, 3.05) is 0 Å². The van der Waals surface area contributed by atoms with Crippen LogP contribution in [0.4, 0.5) is 0 Å². The number of ether oxygens (including phenoxy) is 1.